The molecule has 1 aliphatic heterocycles. The van der Waals surface area contributed by atoms with E-state index < -0.39 is 5.91 Å². The van der Waals surface area contributed by atoms with Crippen LogP contribution in [-0.2, 0) is 16.1 Å². The smallest absolute Gasteiger partial charge is 0.262 e. The summed E-state index contributed by atoms with van der Waals surface area (Å²) in [7, 11) is 0. The molecular weight excluding hydrogens is 381 g/mol. The first-order chi connectivity index (χ1) is 14.6. The molecule has 0 radical (unpaired) electrons. The maximum atomic E-state index is 13.2. The molecule has 1 aliphatic rings. The molecule has 1 fully saturated rings. The van der Waals surface area contributed by atoms with Crippen molar-refractivity contribution in [1.29, 1.82) is 5.26 Å². The Hall–Kier alpha value is -3.43. The standard InChI is InChI=1S/C24H22FN3O2/c25-20-9-7-17(8-10-20)15-28-16-19(22-5-1-2-6-23(22)28)12-18(13-26)24(29)27-14-21-4-3-11-30-21/h1-2,5-10,12,16,21H,3-4,11,14-15H2,(H,27,29)/b18-12+/t21-/m0/s1. The van der Waals surface area contributed by atoms with Gasteiger partial charge in [0.2, 0.25) is 0 Å². The highest BCUT2D eigenvalue weighted by atomic mass is 19.1. The van der Waals surface area contributed by atoms with Crippen LogP contribution in [0.15, 0.2) is 60.3 Å². The third-order valence-corrected chi connectivity index (χ3v) is 5.26. The summed E-state index contributed by atoms with van der Waals surface area (Å²) in [4.78, 5) is 12.5. The van der Waals surface area contributed by atoms with Crippen LogP contribution in [0.4, 0.5) is 4.39 Å². The topological polar surface area (TPSA) is 67.0 Å². The Morgan fingerprint density at radius 1 is 1.27 bits per heavy atom. The Labute approximate surface area is 174 Å². The number of para-hydroxylation sites is 1. The molecule has 30 heavy (non-hydrogen) atoms. The number of nitrogens with zero attached hydrogens (tertiary/aromatic N) is 2. The van der Waals surface area contributed by atoms with Gasteiger partial charge in [0, 0.05) is 42.4 Å². The molecule has 3 aromatic rings. The Balaban J connectivity index is 1.60. The van der Waals surface area contributed by atoms with Crippen LogP contribution in [0.2, 0.25) is 0 Å². The van der Waals surface area contributed by atoms with Crippen LogP contribution in [0.25, 0.3) is 17.0 Å². The number of hydrogen-bond donors (Lipinski definition) is 1. The van der Waals surface area contributed by atoms with E-state index in [2.05, 4.69) is 5.32 Å². The number of ether oxygens (including phenoxy) is 1. The van der Waals surface area contributed by atoms with E-state index in [0.29, 0.717) is 13.1 Å². The zero-order valence-electron chi connectivity index (χ0n) is 16.5. The Morgan fingerprint density at radius 3 is 2.80 bits per heavy atom. The number of benzene rings is 2. The lowest BCUT2D eigenvalue weighted by Gasteiger charge is -2.10. The highest BCUT2D eigenvalue weighted by Crippen LogP contribution is 2.25. The average Bonchev–Trinajstić information content (AvgIpc) is 3.40. The van der Waals surface area contributed by atoms with E-state index in [1.807, 2.05) is 41.1 Å². The minimum absolute atomic E-state index is 0.0199. The van der Waals surface area contributed by atoms with Crippen molar-refractivity contribution in [1.82, 2.24) is 9.88 Å². The van der Waals surface area contributed by atoms with Crippen LogP contribution in [0, 0.1) is 17.1 Å². The van der Waals surface area contributed by atoms with Crippen LogP contribution in [0.5, 0.6) is 0 Å². The fourth-order valence-electron chi connectivity index (χ4n) is 3.72. The highest BCUT2D eigenvalue weighted by molar-refractivity contribution is 6.04. The molecule has 0 bridgehead atoms. The summed E-state index contributed by atoms with van der Waals surface area (Å²) in [5, 5.41) is 13.3. The van der Waals surface area contributed by atoms with Crippen LogP contribution in [-0.4, -0.2) is 29.7 Å². The molecule has 0 aliphatic carbocycles. The van der Waals surface area contributed by atoms with Crippen molar-refractivity contribution >= 4 is 22.9 Å². The number of aromatic nitrogens is 1. The van der Waals surface area contributed by atoms with Gasteiger partial charge in [-0.3, -0.25) is 4.79 Å². The summed E-state index contributed by atoms with van der Waals surface area (Å²) in [6.07, 6.45) is 5.47. The second-order valence-electron chi connectivity index (χ2n) is 7.37. The number of carbonyl (C=O) groups is 1. The fraction of sp³-hybridized carbons (Fsp3) is 0.250. The van der Waals surface area contributed by atoms with Gasteiger partial charge in [0.15, 0.2) is 0 Å². The summed E-state index contributed by atoms with van der Waals surface area (Å²) in [6, 6.07) is 16.2. The normalized spacial score (nSPS) is 16.5. The number of hydrogen-bond acceptors (Lipinski definition) is 3. The van der Waals surface area contributed by atoms with Crippen LogP contribution < -0.4 is 5.32 Å². The van der Waals surface area contributed by atoms with Crippen molar-refractivity contribution in [2.45, 2.75) is 25.5 Å². The SMILES string of the molecule is N#C/C(=C\c1cn(Cc2ccc(F)cc2)c2ccccc12)C(=O)NC[C@@H]1CCCO1. The molecule has 0 spiro atoms. The minimum atomic E-state index is -0.400. The summed E-state index contributed by atoms with van der Waals surface area (Å²) >= 11 is 0. The molecule has 0 saturated carbocycles. The van der Waals surface area contributed by atoms with Crippen molar-refractivity contribution in [3.05, 3.63) is 77.2 Å². The van der Waals surface area contributed by atoms with Gasteiger partial charge in [-0.15, -0.1) is 0 Å². The van der Waals surface area contributed by atoms with Gasteiger partial charge < -0.3 is 14.6 Å². The molecule has 1 saturated heterocycles. The van der Waals surface area contributed by atoms with Gasteiger partial charge in [-0.2, -0.15) is 5.26 Å². The number of rotatable bonds is 6. The predicted molar refractivity (Wildman–Crippen MR) is 113 cm³/mol. The lowest BCUT2D eigenvalue weighted by atomic mass is 10.1. The third kappa shape index (κ3) is 4.42. The van der Waals surface area contributed by atoms with Gasteiger partial charge in [0.05, 0.1) is 6.10 Å². The Kier molecular flexibility index (Phi) is 5.92. The molecular formula is C24H22FN3O2. The van der Waals surface area contributed by atoms with E-state index in [0.717, 1.165) is 41.5 Å². The van der Waals surface area contributed by atoms with E-state index in [-0.39, 0.29) is 17.5 Å². The average molecular weight is 403 g/mol. The van der Waals surface area contributed by atoms with Crippen LogP contribution in [0.1, 0.15) is 24.0 Å². The van der Waals surface area contributed by atoms with E-state index >= 15 is 0 Å². The monoisotopic (exact) mass is 403 g/mol. The number of halogens is 1. The number of carbonyl (C=O) groups excluding carboxylic acids is 1. The molecule has 0 unspecified atom stereocenters. The first-order valence-corrected chi connectivity index (χ1v) is 9.98. The molecule has 4 rings (SSSR count). The summed E-state index contributed by atoms with van der Waals surface area (Å²) in [6.45, 7) is 1.68. The van der Waals surface area contributed by atoms with Gasteiger partial charge in [-0.1, -0.05) is 30.3 Å². The summed E-state index contributed by atoms with van der Waals surface area (Å²) in [5.41, 5.74) is 2.78. The first-order valence-electron chi connectivity index (χ1n) is 9.98. The highest BCUT2D eigenvalue weighted by Gasteiger charge is 2.18. The van der Waals surface area contributed by atoms with Crippen LogP contribution in [0.3, 0.4) is 0 Å². The minimum Gasteiger partial charge on any atom is -0.376 e. The van der Waals surface area contributed by atoms with Gasteiger partial charge >= 0.3 is 0 Å². The quantitative estimate of drug-likeness (QED) is 0.499. The number of fused-ring (bicyclic) bond motifs is 1. The lowest BCUT2D eigenvalue weighted by molar-refractivity contribution is -0.117. The maximum Gasteiger partial charge on any atom is 0.262 e. The van der Waals surface area contributed by atoms with Gasteiger partial charge in [-0.05, 0) is 42.7 Å². The molecule has 1 atom stereocenters. The summed E-state index contributed by atoms with van der Waals surface area (Å²) < 4.78 is 20.8. The van der Waals surface area contributed by atoms with Crippen molar-refractivity contribution in [3.8, 4) is 6.07 Å². The molecule has 5 nitrogen and oxygen atoms in total. The Morgan fingerprint density at radius 2 is 2.07 bits per heavy atom. The van der Waals surface area contributed by atoms with Gasteiger partial charge in [0.25, 0.3) is 5.91 Å². The van der Waals surface area contributed by atoms with E-state index in [1.165, 1.54) is 12.1 Å². The van der Waals surface area contributed by atoms with Crippen molar-refractivity contribution in [2.24, 2.45) is 0 Å². The van der Waals surface area contributed by atoms with E-state index in [1.54, 1.807) is 18.2 Å². The van der Waals surface area contributed by atoms with E-state index in [4.69, 9.17) is 4.74 Å². The Bertz CT molecular complexity index is 1120. The van der Waals surface area contributed by atoms with E-state index in [9.17, 15) is 14.4 Å². The van der Waals surface area contributed by atoms with Crippen molar-refractivity contribution < 1.29 is 13.9 Å². The molecule has 1 amide bonds. The lowest BCUT2D eigenvalue weighted by Crippen LogP contribution is -2.32. The van der Waals surface area contributed by atoms with Crippen molar-refractivity contribution in [2.75, 3.05) is 13.2 Å². The summed E-state index contributed by atoms with van der Waals surface area (Å²) in [5.74, 6) is -0.671. The van der Waals surface area contributed by atoms with Crippen LogP contribution >= 0.6 is 0 Å². The van der Waals surface area contributed by atoms with Gasteiger partial charge in [-0.25, -0.2) is 4.39 Å². The second kappa shape index (κ2) is 8.93. The largest absolute Gasteiger partial charge is 0.376 e. The molecule has 2 heterocycles. The maximum absolute atomic E-state index is 13.2. The third-order valence-electron chi connectivity index (χ3n) is 5.26. The predicted octanol–water partition coefficient (Wildman–Crippen LogP) is 4.03. The molecule has 1 N–H and O–H groups in total. The first kappa shape index (κ1) is 19.9. The number of nitriles is 1. The fourth-order valence-corrected chi connectivity index (χ4v) is 3.72. The molecule has 2 aromatic carbocycles. The molecule has 6 heteroatoms. The number of nitrogens with one attached hydrogen (secondary N) is 1. The zero-order chi connectivity index (χ0) is 20.9. The van der Waals surface area contributed by atoms with Gasteiger partial charge in [0.1, 0.15) is 17.5 Å². The second-order valence-corrected chi connectivity index (χ2v) is 7.37. The zero-order valence-corrected chi connectivity index (χ0v) is 16.5. The molecule has 1 aromatic heterocycles. The van der Waals surface area contributed by atoms with Crippen molar-refractivity contribution in [3.63, 3.8) is 0 Å². The number of amides is 1. The molecule has 152 valence electrons.